The molecule has 1 saturated carbocycles. The Morgan fingerprint density at radius 2 is 1.79 bits per heavy atom. The number of hydrogen-bond acceptors (Lipinski definition) is 3. The number of benzene rings is 1. The van der Waals surface area contributed by atoms with Gasteiger partial charge in [-0.1, -0.05) is 42.3 Å². The number of carbonyl (C=O) groups excluding carboxylic acids is 1. The van der Waals surface area contributed by atoms with Gasteiger partial charge in [0.25, 0.3) is 0 Å². The molecule has 0 unspecified atom stereocenters. The highest BCUT2D eigenvalue weighted by molar-refractivity contribution is 5.79. The van der Waals surface area contributed by atoms with E-state index < -0.39 is 11.6 Å². The molecule has 0 atom stereocenters. The Hall–Kier alpha value is -1.35. The first-order valence-corrected chi connectivity index (χ1v) is 7.00. The van der Waals surface area contributed by atoms with E-state index in [0.29, 0.717) is 19.4 Å². The summed E-state index contributed by atoms with van der Waals surface area (Å²) in [5, 5.41) is 9.80. The van der Waals surface area contributed by atoms with Crippen molar-refractivity contribution in [2.45, 2.75) is 51.6 Å². The summed E-state index contributed by atoms with van der Waals surface area (Å²) in [5.74, 6) is -0.440. The molecule has 19 heavy (non-hydrogen) atoms. The monoisotopic (exact) mass is 264 g/mol. The second-order valence-electron chi connectivity index (χ2n) is 4.97. The lowest BCUT2D eigenvalue weighted by atomic mass is 9.85. The van der Waals surface area contributed by atoms with Gasteiger partial charge in [-0.15, -0.1) is 0 Å². The van der Waals surface area contributed by atoms with Gasteiger partial charge in [-0.2, -0.15) is 0 Å². The van der Waals surface area contributed by atoms with E-state index in [1.54, 1.807) is 6.92 Å². The third-order valence-corrected chi connectivity index (χ3v) is 3.28. The molecule has 1 aromatic carbocycles. The van der Waals surface area contributed by atoms with Crippen LogP contribution in [0.15, 0.2) is 30.3 Å². The van der Waals surface area contributed by atoms with Crippen molar-refractivity contribution in [2.75, 3.05) is 6.61 Å². The van der Waals surface area contributed by atoms with Crippen LogP contribution in [0.25, 0.3) is 0 Å². The molecule has 0 aliphatic heterocycles. The summed E-state index contributed by atoms with van der Waals surface area (Å²) in [7, 11) is 0. The summed E-state index contributed by atoms with van der Waals surface area (Å²) in [6.07, 6.45) is 4.09. The Kier molecular flexibility index (Phi) is 6.57. The van der Waals surface area contributed by atoms with E-state index in [0.717, 1.165) is 19.3 Å². The van der Waals surface area contributed by atoms with Gasteiger partial charge in [-0.25, -0.2) is 4.79 Å². The van der Waals surface area contributed by atoms with Crippen LogP contribution in [-0.4, -0.2) is 23.3 Å². The molecule has 2 rings (SSSR count). The molecule has 1 aliphatic rings. The van der Waals surface area contributed by atoms with Crippen molar-refractivity contribution in [1.82, 2.24) is 0 Å². The first kappa shape index (κ1) is 15.7. The molecule has 1 aliphatic carbocycles. The van der Waals surface area contributed by atoms with Crippen LogP contribution in [-0.2, 0) is 9.53 Å². The number of ether oxygens (including phenoxy) is 1. The van der Waals surface area contributed by atoms with Crippen LogP contribution in [0, 0.1) is 6.92 Å². The number of aryl methyl sites for hydroxylation is 1. The number of carbonyl (C=O) groups is 1. The molecule has 3 heteroatoms. The van der Waals surface area contributed by atoms with Crippen molar-refractivity contribution in [3.63, 3.8) is 0 Å². The fourth-order valence-electron chi connectivity index (χ4n) is 2.14. The van der Waals surface area contributed by atoms with E-state index in [1.165, 1.54) is 5.56 Å². The Balaban J connectivity index is 0.000000218. The van der Waals surface area contributed by atoms with Crippen LogP contribution >= 0.6 is 0 Å². The molecule has 0 aromatic heterocycles. The van der Waals surface area contributed by atoms with Crippen LogP contribution in [0.5, 0.6) is 0 Å². The molecule has 0 bridgehead atoms. The van der Waals surface area contributed by atoms with Gasteiger partial charge in [0.2, 0.25) is 0 Å². The minimum Gasteiger partial charge on any atom is -0.464 e. The van der Waals surface area contributed by atoms with Crippen LogP contribution in [0.2, 0.25) is 0 Å². The zero-order valence-electron chi connectivity index (χ0n) is 11.9. The first-order chi connectivity index (χ1) is 9.08. The highest BCUT2D eigenvalue weighted by Gasteiger charge is 2.38. The molecule has 0 radical (unpaired) electrons. The predicted molar refractivity (Wildman–Crippen MR) is 75.8 cm³/mol. The molecule has 106 valence electrons. The maximum absolute atomic E-state index is 11.2. The molecule has 0 saturated heterocycles. The first-order valence-electron chi connectivity index (χ1n) is 7.00. The normalized spacial score (nSPS) is 17.0. The van der Waals surface area contributed by atoms with E-state index in [-0.39, 0.29) is 0 Å². The van der Waals surface area contributed by atoms with Gasteiger partial charge in [0, 0.05) is 0 Å². The molecule has 3 nitrogen and oxygen atoms in total. The zero-order chi connectivity index (χ0) is 14.1. The highest BCUT2D eigenvalue weighted by atomic mass is 16.5. The van der Waals surface area contributed by atoms with Gasteiger partial charge in [0.05, 0.1) is 6.61 Å². The van der Waals surface area contributed by atoms with E-state index >= 15 is 0 Å². The van der Waals surface area contributed by atoms with Crippen LogP contribution < -0.4 is 0 Å². The second kappa shape index (κ2) is 7.95. The second-order valence-corrected chi connectivity index (χ2v) is 4.97. The van der Waals surface area contributed by atoms with Crippen molar-refractivity contribution < 1.29 is 14.6 Å². The lowest BCUT2D eigenvalue weighted by Crippen LogP contribution is -2.41. The smallest absolute Gasteiger partial charge is 0.338 e. The lowest BCUT2D eigenvalue weighted by molar-refractivity contribution is -0.168. The fraction of sp³-hybridized carbons (Fsp3) is 0.562. The van der Waals surface area contributed by atoms with E-state index in [4.69, 9.17) is 4.74 Å². The summed E-state index contributed by atoms with van der Waals surface area (Å²) in [5.41, 5.74) is 0.149. The maximum Gasteiger partial charge on any atom is 0.338 e. The molecule has 0 heterocycles. The average Bonchev–Trinajstić information content (AvgIpc) is 2.41. The molecular weight excluding hydrogens is 240 g/mol. The minimum absolute atomic E-state index is 0.348. The Bertz CT molecular complexity index is 367. The number of esters is 1. The summed E-state index contributed by atoms with van der Waals surface area (Å²) in [6.45, 7) is 4.19. The average molecular weight is 264 g/mol. The summed E-state index contributed by atoms with van der Waals surface area (Å²) in [4.78, 5) is 11.2. The van der Waals surface area contributed by atoms with Crippen molar-refractivity contribution in [1.29, 1.82) is 0 Å². The van der Waals surface area contributed by atoms with E-state index in [1.807, 2.05) is 18.2 Å². The SMILES string of the molecule is CCOC(=O)C1(O)CCCCC1.Cc1ccccc1. The summed E-state index contributed by atoms with van der Waals surface area (Å²) < 4.78 is 4.80. The lowest BCUT2D eigenvalue weighted by Gasteiger charge is -2.29. The van der Waals surface area contributed by atoms with Crippen molar-refractivity contribution >= 4 is 5.97 Å². The third kappa shape index (κ3) is 5.43. The third-order valence-electron chi connectivity index (χ3n) is 3.28. The fourth-order valence-corrected chi connectivity index (χ4v) is 2.14. The molecule has 1 fully saturated rings. The van der Waals surface area contributed by atoms with E-state index in [9.17, 15) is 9.90 Å². The Morgan fingerprint density at radius 1 is 1.21 bits per heavy atom. The Labute approximate surface area is 115 Å². The van der Waals surface area contributed by atoms with E-state index in [2.05, 4.69) is 19.1 Å². The zero-order valence-corrected chi connectivity index (χ0v) is 11.9. The molecular formula is C16H24O3. The maximum atomic E-state index is 11.2. The van der Waals surface area contributed by atoms with Gasteiger partial charge in [-0.3, -0.25) is 0 Å². The Morgan fingerprint density at radius 3 is 2.21 bits per heavy atom. The molecule has 0 spiro atoms. The van der Waals surface area contributed by atoms with Crippen molar-refractivity contribution in [2.24, 2.45) is 0 Å². The number of hydrogen-bond donors (Lipinski definition) is 1. The van der Waals surface area contributed by atoms with Gasteiger partial charge in [-0.05, 0) is 39.5 Å². The largest absolute Gasteiger partial charge is 0.464 e. The van der Waals surface area contributed by atoms with Crippen LogP contribution in [0.4, 0.5) is 0 Å². The molecule has 1 N–H and O–H groups in total. The van der Waals surface area contributed by atoms with Gasteiger partial charge in [0.15, 0.2) is 5.60 Å². The number of rotatable bonds is 2. The van der Waals surface area contributed by atoms with Crippen LogP contribution in [0.3, 0.4) is 0 Å². The quantitative estimate of drug-likeness (QED) is 0.834. The van der Waals surface area contributed by atoms with Crippen molar-refractivity contribution in [3.8, 4) is 0 Å². The topological polar surface area (TPSA) is 46.5 Å². The summed E-state index contributed by atoms with van der Waals surface area (Å²) in [6, 6.07) is 10.3. The highest BCUT2D eigenvalue weighted by Crippen LogP contribution is 2.28. The van der Waals surface area contributed by atoms with Gasteiger partial charge < -0.3 is 9.84 Å². The predicted octanol–water partition coefficient (Wildman–Crippen LogP) is 3.24. The minimum atomic E-state index is -1.17. The summed E-state index contributed by atoms with van der Waals surface area (Å²) >= 11 is 0. The molecule has 0 amide bonds. The van der Waals surface area contributed by atoms with Crippen LogP contribution in [0.1, 0.15) is 44.6 Å². The van der Waals surface area contributed by atoms with Gasteiger partial charge >= 0.3 is 5.97 Å². The standard InChI is InChI=1S/C9H16O3.C7H8/c1-2-12-8(10)9(11)6-4-3-5-7-9;1-7-5-3-2-4-6-7/h11H,2-7H2,1H3;2-6H,1H3. The van der Waals surface area contributed by atoms with Gasteiger partial charge in [0.1, 0.15) is 0 Å². The number of aliphatic hydroxyl groups is 1. The molecule has 1 aromatic rings. The van der Waals surface area contributed by atoms with Crippen molar-refractivity contribution in [3.05, 3.63) is 35.9 Å².